The number of carbonyl (C=O) groups is 2. The Kier molecular flexibility index (Phi) is 4.95. The molecule has 6 nitrogen and oxygen atoms in total. The summed E-state index contributed by atoms with van der Waals surface area (Å²) < 4.78 is 11.2. The Bertz CT molecular complexity index is 955. The van der Waals surface area contributed by atoms with Crippen LogP contribution in [-0.4, -0.2) is 23.5 Å². The van der Waals surface area contributed by atoms with E-state index >= 15 is 0 Å². The number of ether oxygens (including phenoxy) is 1. The van der Waals surface area contributed by atoms with Crippen LogP contribution in [0.4, 0.5) is 5.13 Å². The minimum atomic E-state index is -0.621. The van der Waals surface area contributed by atoms with Gasteiger partial charge in [0.2, 0.25) is 0 Å². The van der Waals surface area contributed by atoms with E-state index < -0.39 is 11.9 Å². The van der Waals surface area contributed by atoms with Crippen LogP contribution < -0.4 is 5.32 Å². The molecule has 0 spiro atoms. The zero-order valence-electron chi connectivity index (χ0n) is 13.7. The van der Waals surface area contributed by atoms with Crippen molar-refractivity contribution >= 4 is 44.6 Å². The van der Waals surface area contributed by atoms with Crippen LogP contribution >= 0.6 is 11.3 Å². The van der Waals surface area contributed by atoms with Gasteiger partial charge >= 0.3 is 5.97 Å². The third-order valence-corrected chi connectivity index (χ3v) is 4.21. The molecular formula is C18H16N2O4S. The SMILES string of the molecule is Cc1ccc2nc(NC(=O)COC(=O)/C=C/c3ccc(C)o3)sc2c1. The number of hydrogen-bond donors (Lipinski definition) is 1. The molecule has 0 unspecified atom stereocenters. The highest BCUT2D eigenvalue weighted by molar-refractivity contribution is 7.22. The number of fused-ring (bicyclic) bond motifs is 1. The van der Waals surface area contributed by atoms with E-state index in [9.17, 15) is 9.59 Å². The summed E-state index contributed by atoms with van der Waals surface area (Å²) in [5, 5.41) is 3.11. The molecule has 1 amide bonds. The van der Waals surface area contributed by atoms with Gasteiger partial charge in [-0.3, -0.25) is 10.1 Å². The summed E-state index contributed by atoms with van der Waals surface area (Å²) in [6.45, 7) is 3.42. The van der Waals surface area contributed by atoms with Crippen molar-refractivity contribution in [2.24, 2.45) is 0 Å². The second-order valence-corrected chi connectivity index (χ2v) is 6.46. The Morgan fingerprint density at radius 1 is 1.28 bits per heavy atom. The van der Waals surface area contributed by atoms with Crippen molar-refractivity contribution in [3.05, 3.63) is 53.5 Å². The van der Waals surface area contributed by atoms with E-state index in [1.54, 1.807) is 12.1 Å². The molecule has 2 aromatic heterocycles. The van der Waals surface area contributed by atoms with Gasteiger partial charge < -0.3 is 9.15 Å². The molecule has 2 heterocycles. The van der Waals surface area contributed by atoms with Gasteiger partial charge in [0.1, 0.15) is 11.5 Å². The number of anilines is 1. The zero-order valence-corrected chi connectivity index (χ0v) is 14.6. The minimum Gasteiger partial charge on any atom is -0.462 e. The molecule has 0 bridgehead atoms. The van der Waals surface area contributed by atoms with E-state index in [1.165, 1.54) is 23.5 Å². The lowest BCUT2D eigenvalue weighted by atomic mass is 10.2. The summed E-state index contributed by atoms with van der Waals surface area (Å²) in [6.07, 6.45) is 2.70. The fraction of sp³-hybridized carbons (Fsp3) is 0.167. The van der Waals surface area contributed by atoms with E-state index in [0.29, 0.717) is 10.9 Å². The van der Waals surface area contributed by atoms with Gasteiger partial charge in [0, 0.05) is 6.08 Å². The van der Waals surface area contributed by atoms with Crippen LogP contribution in [0.15, 0.2) is 40.8 Å². The first-order valence-electron chi connectivity index (χ1n) is 7.58. The predicted molar refractivity (Wildman–Crippen MR) is 96.4 cm³/mol. The summed E-state index contributed by atoms with van der Waals surface area (Å²) in [4.78, 5) is 27.8. The second-order valence-electron chi connectivity index (χ2n) is 5.43. The predicted octanol–water partition coefficient (Wildman–Crippen LogP) is 3.70. The highest BCUT2D eigenvalue weighted by Crippen LogP contribution is 2.26. The average molecular weight is 356 g/mol. The molecule has 1 N–H and O–H groups in total. The van der Waals surface area contributed by atoms with E-state index in [2.05, 4.69) is 10.3 Å². The Hall–Kier alpha value is -2.93. The first kappa shape index (κ1) is 16.9. The number of rotatable bonds is 5. The molecule has 0 saturated carbocycles. The third kappa shape index (κ3) is 4.54. The number of benzene rings is 1. The van der Waals surface area contributed by atoms with Gasteiger partial charge in [0.05, 0.1) is 10.2 Å². The number of aryl methyl sites for hydroxylation is 2. The van der Waals surface area contributed by atoms with Gasteiger partial charge in [-0.2, -0.15) is 0 Å². The van der Waals surface area contributed by atoms with E-state index in [4.69, 9.17) is 9.15 Å². The lowest BCUT2D eigenvalue weighted by molar-refractivity contribution is -0.142. The van der Waals surface area contributed by atoms with E-state index in [1.807, 2.05) is 32.0 Å². The highest BCUT2D eigenvalue weighted by Gasteiger charge is 2.10. The molecular weight excluding hydrogens is 340 g/mol. The number of furan rings is 1. The van der Waals surface area contributed by atoms with E-state index in [-0.39, 0.29) is 6.61 Å². The van der Waals surface area contributed by atoms with Crippen LogP contribution in [0, 0.1) is 13.8 Å². The first-order chi connectivity index (χ1) is 12.0. The van der Waals surface area contributed by atoms with Crippen molar-refractivity contribution in [3.8, 4) is 0 Å². The molecule has 3 aromatic rings. The maximum atomic E-state index is 11.9. The lowest BCUT2D eigenvalue weighted by Gasteiger charge is -2.01. The van der Waals surface area contributed by atoms with Gasteiger partial charge in [-0.25, -0.2) is 9.78 Å². The van der Waals surface area contributed by atoms with Gasteiger partial charge in [0.25, 0.3) is 5.91 Å². The van der Waals surface area contributed by atoms with E-state index in [0.717, 1.165) is 21.5 Å². The Morgan fingerprint density at radius 2 is 2.12 bits per heavy atom. The molecule has 0 fully saturated rings. The number of nitrogens with one attached hydrogen (secondary N) is 1. The van der Waals surface area contributed by atoms with Crippen LogP contribution in [0.5, 0.6) is 0 Å². The average Bonchev–Trinajstić information content (AvgIpc) is 3.16. The van der Waals surface area contributed by atoms with Crippen molar-refractivity contribution in [2.45, 2.75) is 13.8 Å². The molecule has 0 atom stereocenters. The molecule has 25 heavy (non-hydrogen) atoms. The number of aromatic nitrogens is 1. The molecule has 3 rings (SSSR count). The number of amides is 1. The molecule has 0 aliphatic heterocycles. The Morgan fingerprint density at radius 3 is 2.88 bits per heavy atom. The quantitative estimate of drug-likeness (QED) is 0.557. The second kappa shape index (κ2) is 7.31. The number of hydrogen-bond acceptors (Lipinski definition) is 6. The van der Waals surface area contributed by atoms with Crippen LogP contribution in [0.3, 0.4) is 0 Å². The van der Waals surface area contributed by atoms with Crippen molar-refractivity contribution < 1.29 is 18.7 Å². The van der Waals surface area contributed by atoms with Crippen molar-refractivity contribution in [2.75, 3.05) is 11.9 Å². The molecule has 0 aliphatic carbocycles. The number of carbonyl (C=O) groups excluding carboxylic acids is 2. The lowest BCUT2D eigenvalue weighted by Crippen LogP contribution is -2.19. The fourth-order valence-electron chi connectivity index (χ4n) is 2.12. The Balaban J connectivity index is 1.51. The van der Waals surface area contributed by atoms with Gasteiger partial charge in [-0.15, -0.1) is 0 Å². The Labute approximate surface area is 148 Å². The van der Waals surface area contributed by atoms with Gasteiger partial charge in [-0.1, -0.05) is 17.4 Å². The largest absolute Gasteiger partial charge is 0.462 e. The summed E-state index contributed by atoms with van der Waals surface area (Å²) in [6, 6.07) is 9.39. The third-order valence-electron chi connectivity index (χ3n) is 3.28. The molecule has 0 aliphatic rings. The maximum absolute atomic E-state index is 11.9. The van der Waals surface area contributed by atoms with Crippen LogP contribution in [-0.2, 0) is 14.3 Å². The van der Waals surface area contributed by atoms with Crippen LogP contribution in [0.25, 0.3) is 16.3 Å². The van der Waals surface area contributed by atoms with Crippen molar-refractivity contribution in [3.63, 3.8) is 0 Å². The molecule has 128 valence electrons. The smallest absolute Gasteiger partial charge is 0.331 e. The summed E-state index contributed by atoms with van der Waals surface area (Å²) in [5.74, 6) is 0.234. The van der Waals surface area contributed by atoms with Gasteiger partial charge in [-0.05, 0) is 49.8 Å². The van der Waals surface area contributed by atoms with Crippen LogP contribution in [0.1, 0.15) is 17.1 Å². The van der Waals surface area contributed by atoms with Crippen LogP contribution in [0.2, 0.25) is 0 Å². The monoisotopic (exact) mass is 356 g/mol. The van der Waals surface area contributed by atoms with Crippen molar-refractivity contribution in [1.29, 1.82) is 0 Å². The zero-order chi connectivity index (χ0) is 17.8. The first-order valence-corrected chi connectivity index (χ1v) is 8.39. The summed E-state index contributed by atoms with van der Waals surface area (Å²) >= 11 is 1.37. The molecule has 7 heteroatoms. The topological polar surface area (TPSA) is 81.4 Å². The summed E-state index contributed by atoms with van der Waals surface area (Å²) in [5.41, 5.74) is 1.95. The standard InChI is InChI=1S/C18H16N2O4S/c1-11-3-7-14-15(9-11)25-18(19-14)20-16(21)10-23-17(22)8-6-13-5-4-12(2)24-13/h3-9H,10H2,1-2H3,(H,19,20,21)/b8-6+. The normalized spacial score (nSPS) is 11.1. The van der Waals surface area contributed by atoms with Gasteiger partial charge in [0.15, 0.2) is 11.7 Å². The number of esters is 1. The molecule has 0 saturated heterocycles. The number of nitrogens with zero attached hydrogens (tertiary/aromatic N) is 1. The maximum Gasteiger partial charge on any atom is 0.331 e. The number of thiazole rings is 1. The van der Waals surface area contributed by atoms with Crippen molar-refractivity contribution in [1.82, 2.24) is 4.98 Å². The fourth-order valence-corrected chi connectivity index (χ4v) is 3.10. The molecule has 1 aromatic carbocycles. The summed E-state index contributed by atoms with van der Waals surface area (Å²) in [7, 11) is 0. The highest BCUT2D eigenvalue weighted by atomic mass is 32.1. The minimum absolute atomic E-state index is 0.380. The molecule has 0 radical (unpaired) electrons.